The van der Waals surface area contributed by atoms with Crippen LogP contribution >= 0.6 is 0 Å². The lowest BCUT2D eigenvalue weighted by Crippen LogP contribution is -2.26. The topological polar surface area (TPSA) is 26.3 Å². The Labute approximate surface area is 191 Å². The van der Waals surface area contributed by atoms with Gasteiger partial charge < -0.3 is 4.74 Å². The van der Waals surface area contributed by atoms with Gasteiger partial charge in [-0.15, -0.1) is 0 Å². The van der Waals surface area contributed by atoms with E-state index in [2.05, 4.69) is 6.92 Å². The van der Waals surface area contributed by atoms with Gasteiger partial charge in [0.1, 0.15) is 5.75 Å². The van der Waals surface area contributed by atoms with Crippen molar-refractivity contribution in [3.8, 4) is 5.75 Å². The lowest BCUT2D eigenvalue weighted by atomic mass is 9.67. The third-order valence-corrected chi connectivity index (χ3v) is 7.92. The molecule has 0 unspecified atom stereocenters. The number of hydrogen-bond acceptors (Lipinski definition) is 2. The van der Waals surface area contributed by atoms with Crippen LogP contribution in [-0.4, -0.2) is 12.9 Å². The second-order valence-electron chi connectivity index (χ2n) is 9.88. The van der Waals surface area contributed by atoms with Gasteiger partial charge in [0.25, 0.3) is 0 Å². The van der Waals surface area contributed by atoms with E-state index in [4.69, 9.17) is 4.74 Å². The molecule has 0 N–H and O–H groups in total. The molecule has 1 aromatic rings. The highest BCUT2D eigenvalue weighted by atomic mass is 19.4. The Bertz CT molecular complexity index is 727. The molecule has 32 heavy (non-hydrogen) atoms. The summed E-state index contributed by atoms with van der Waals surface area (Å²) >= 11 is 0. The van der Waals surface area contributed by atoms with E-state index in [1.54, 1.807) is 19.1 Å². The molecule has 0 aliphatic heterocycles. The average molecular weight is 453 g/mol. The SMILES string of the molecule is CCCCCC1CCC(C2CCC(c3ccc(OCC)c(C=O)c3C(F)(F)F)CC2)CC1. The van der Waals surface area contributed by atoms with Crippen molar-refractivity contribution in [2.24, 2.45) is 17.8 Å². The predicted octanol–water partition coefficient (Wildman–Crippen LogP) is 8.58. The number of rotatable bonds is 9. The lowest BCUT2D eigenvalue weighted by Gasteiger charge is -2.38. The van der Waals surface area contributed by atoms with E-state index in [0.29, 0.717) is 12.2 Å². The molecular weight excluding hydrogens is 413 g/mol. The molecule has 0 radical (unpaired) electrons. The van der Waals surface area contributed by atoms with Crippen LogP contribution in [0.15, 0.2) is 12.1 Å². The molecule has 2 saturated carbocycles. The summed E-state index contributed by atoms with van der Waals surface area (Å²) < 4.78 is 47.2. The second kappa shape index (κ2) is 11.6. The zero-order valence-electron chi connectivity index (χ0n) is 19.7. The number of aldehydes is 1. The van der Waals surface area contributed by atoms with Crippen LogP contribution in [0.5, 0.6) is 5.75 Å². The fourth-order valence-corrected chi connectivity index (χ4v) is 6.21. The van der Waals surface area contributed by atoms with Gasteiger partial charge in [0.05, 0.1) is 17.7 Å². The molecule has 2 fully saturated rings. The van der Waals surface area contributed by atoms with E-state index in [-0.39, 0.29) is 29.4 Å². The maximum absolute atomic E-state index is 14.0. The molecule has 2 aliphatic rings. The van der Waals surface area contributed by atoms with Crippen molar-refractivity contribution in [2.45, 2.75) is 103 Å². The third-order valence-electron chi connectivity index (χ3n) is 7.92. The van der Waals surface area contributed by atoms with E-state index in [1.807, 2.05) is 0 Å². The molecule has 0 atom stereocenters. The molecule has 5 heteroatoms. The Morgan fingerprint density at radius 2 is 1.56 bits per heavy atom. The summed E-state index contributed by atoms with van der Waals surface area (Å²) in [4.78, 5) is 11.6. The summed E-state index contributed by atoms with van der Waals surface area (Å²) in [7, 11) is 0. The minimum absolute atomic E-state index is 0.0305. The minimum Gasteiger partial charge on any atom is -0.493 e. The van der Waals surface area contributed by atoms with Gasteiger partial charge in [-0.1, -0.05) is 51.5 Å². The van der Waals surface area contributed by atoms with Crippen molar-refractivity contribution in [1.29, 1.82) is 0 Å². The highest BCUT2D eigenvalue weighted by Crippen LogP contribution is 2.48. The summed E-state index contributed by atoms with van der Waals surface area (Å²) in [6, 6.07) is 3.09. The maximum atomic E-state index is 14.0. The van der Waals surface area contributed by atoms with Crippen molar-refractivity contribution in [1.82, 2.24) is 0 Å². The van der Waals surface area contributed by atoms with E-state index in [0.717, 1.165) is 37.5 Å². The van der Waals surface area contributed by atoms with Gasteiger partial charge in [-0.3, -0.25) is 4.79 Å². The van der Waals surface area contributed by atoms with E-state index in [1.165, 1.54) is 51.4 Å². The Morgan fingerprint density at radius 3 is 2.09 bits per heavy atom. The largest absolute Gasteiger partial charge is 0.493 e. The molecule has 3 rings (SSSR count). The zero-order valence-corrected chi connectivity index (χ0v) is 19.7. The van der Waals surface area contributed by atoms with Gasteiger partial charge in [-0.2, -0.15) is 13.2 Å². The van der Waals surface area contributed by atoms with Crippen LogP contribution in [0.2, 0.25) is 0 Å². The van der Waals surface area contributed by atoms with Crippen LogP contribution in [0.4, 0.5) is 13.2 Å². The van der Waals surface area contributed by atoms with Crippen LogP contribution in [0.1, 0.15) is 118 Å². The Hall–Kier alpha value is -1.52. The standard InChI is InChI=1S/C27H39F3O2/c1-3-5-6-7-19-8-10-20(11-9-19)21-12-14-22(15-13-21)23-16-17-25(32-4-2)24(18-31)26(23)27(28,29)30/h16-22H,3-15H2,1-2H3. The summed E-state index contributed by atoms with van der Waals surface area (Å²) in [5, 5.41) is 0. The van der Waals surface area contributed by atoms with Gasteiger partial charge in [0.2, 0.25) is 0 Å². The smallest absolute Gasteiger partial charge is 0.417 e. The van der Waals surface area contributed by atoms with Gasteiger partial charge in [0.15, 0.2) is 6.29 Å². The van der Waals surface area contributed by atoms with Crippen LogP contribution in [-0.2, 0) is 6.18 Å². The summed E-state index contributed by atoms with van der Waals surface area (Å²) in [6.45, 7) is 4.18. The van der Waals surface area contributed by atoms with E-state index >= 15 is 0 Å². The van der Waals surface area contributed by atoms with E-state index in [9.17, 15) is 18.0 Å². The summed E-state index contributed by atoms with van der Waals surface area (Å²) in [5.74, 6) is 2.16. The van der Waals surface area contributed by atoms with Crippen LogP contribution in [0, 0.1) is 17.8 Å². The molecule has 2 aliphatic carbocycles. The summed E-state index contributed by atoms with van der Waals surface area (Å²) in [5.41, 5.74) is -0.851. The number of alkyl halides is 3. The van der Waals surface area contributed by atoms with E-state index < -0.39 is 11.7 Å². The molecule has 0 bridgehead atoms. The van der Waals surface area contributed by atoms with Crippen molar-refractivity contribution < 1.29 is 22.7 Å². The second-order valence-corrected chi connectivity index (χ2v) is 9.88. The summed E-state index contributed by atoms with van der Waals surface area (Å²) in [6.07, 6.45) is 9.85. The molecule has 0 heterocycles. The minimum atomic E-state index is -4.56. The molecule has 0 amide bonds. The Morgan fingerprint density at radius 1 is 0.938 bits per heavy atom. The fourth-order valence-electron chi connectivity index (χ4n) is 6.21. The van der Waals surface area contributed by atoms with Gasteiger partial charge in [0, 0.05) is 0 Å². The monoisotopic (exact) mass is 452 g/mol. The van der Waals surface area contributed by atoms with Crippen LogP contribution < -0.4 is 4.74 Å². The number of unbranched alkanes of at least 4 members (excludes halogenated alkanes) is 2. The van der Waals surface area contributed by atoms with Gasteiger partial charge in [-0.05, 0) is 80.8 Å². The normalized spacial score (nSPS) is 26.7. The van der Waals surface area contributed by atoms with Crippen molar-refractivity contribution in [3.63, 3.8) is 0 Å². The molecule has 180 valence electrons. The molecule has 0 aromatic heterocycles. The van der Waals surface area contributed by atoms with Crippen LogP contribution in [0.3, 0.4) is 0 Å². The molecule has 0 spiro atoms. The number of benzene rings is 1. The van der Waals surface area contributed by atoms with Crippen molar-refractivity contribution in [3.05, 3.63) is 28.8 Å². The number of carbonyl (C=O) groups excluding carboxylic acids is 1. The Kier molecular flexibility index (Phi) is 9.07. The van der Waals surface area contributed by atoms with Crippen molar-refractivity contribution >= 4 is 6.29 Å². The molecule has 2 nitrogen and oxygen atoms in total. The number of halogens is 3. The van der Waals surface area contributed by atoms with Gasteiger partial charge in [-0.25, -0.2) is 0 Å². The zero-order chi connectivity index (χ0) is 23.1. The third kappa shape index (κ3) is 6.08. The van der Waals surface area contributed by atoms with Gasteiger partial charge >= 0.3 is 6.18 Å². The molecule has 0 saturated heterocycles. The predicted molar refractivity (Wildman–Crippen MR) is 122 cm³/mol. The maximum Gasteiger partial charge on any atom is 0.417 e. The first kappa shape index (κ1) is 25.1. The first-order chi connectivity index (χ1) is 15.4. The Balaban J connectivity index is 1.63. The lowest BCUT2D eigenvalue weighted by molar-refractivity contribution is -0.138. The first-order valence-corrected chi connectivity index (χ1v) is 12.7. The number of hydrogen-bond donors (Lipinski definition) is 0. The quantitative estimate of drug-likeness (QED) is 0.277. The number of ether oxygens (including phenoxy) is 1. The number of carbonyl (C=O) groups is 1. The molecular formula is C27H39F3O2. The first-order valence-electron chi connectivity index (χ1n) is 12.7. The average Bonchev–Trinajstić information content (AvgIpc) is 2.79. The van der Waals surface area contributed by atoms with Crippen molar-refractivity contribution in [2.75, 3.05) is 6.61 Å². The highest BCUT2D eigenvalue weighted by molar-refractivity contribution is 5.83. The highest BCUT2D eigenvalue weighted by Gasteiger charge is 2.40. The fraction of sp³-hybridized carbons (Fsp3) is 0.741. The molecule has 1 aromatic carbocycles. The van der Waals surface area contributed by atoms with Crippen LogP contribution in [0.25, 0.3) is 0 Å².